The van der Waals surface area contributed by atoms with E-state index in [-0.39, 0.29) is 30.1 Å². The number of carbonyl (C=O) groups excluding carboxylic acids is 1. The molecule has 0 aliphatic carbocycles. The summed E-state index contributed by atoms with van der Waals surface area (Å²) in [5.41, 5.74) is 1.41. The second kappa shape index (κ2) is 10.8. The molecule has 0 bridgehead atoms. The number of aromatic nitrogens is 2. The van der Waals surface area contributed by atoms with Gasteiger partial charge in [0.25, 0.3) is 0 Å². The number of methoxy groups -OCH3 is 1. The number of carbonyl (C=O) groups is 1. The standard InChI is InChI=1S/C24H28BrFN4O5/c1-14(31)27-20-11-22(34-2)18(25)10-23(20)35-13-17(32)12-29-7-5-16(6-8-29)30-21-4-3-15(26)9-19(21)28-24(30)33/h3-4,9-11,16-17,32H,5-8,12-13H2,1-2H3,(H,27,31)(H,28,33)/t17-/m1/s1. The minimum Gasteiger partial charge on any atom is -0.495 e. The molecule has 3 aromatic rings. The Morgan fingerprint density at radius 3 is 2.71 bits per heavy atom. The average Bonchev–Trinajstić information content (AvgIpc) is 3.13. The highest BCUT2D eigenvalue weighted by atomic mass is 79.9. The fraction of sp³-hybridized carbons (Fsp3) is 0.417. The van der Waals surface area contributed by atoms with Crippen LogP contribution in [0.5, 0.6) is 11.5 Å². The van der Waals surface area contributed by atoms with Gasteiger partial charge in [0, 0.05) is 44.7 Å². The maximum absolute atomic E-state index is 13.5. The fourth-order valence-electron chi connectivity index (χ4n) is 4.46. The zero-order valence-corrected chi connectivity index (χ0v) is 21.1. The summed E-state index contributed by atoms with van der Waals surface area (Å²) < 4.78 is 27.0. The SMILES string of the molecule is COc1cc(NC(C)=O)c(OC[C@H](O)CN2CCC(n3c(=O)[nH]c4cc(F)ccc43)CC2)cc1Br. The number of halogens is 2. The molecule has 9 nitrogen and oxygen atoms in total. The van der Waals surface area contributed by atoms with Gasteiger partial charge in [-0.05, 0) is 47.0 Å². The minimum atomic E-state index is -0.753. The number of amides is 1. The molecule has 11 heteroatoms. The molecule has 188 valence electrons. The first-order valence-electron chi connectivity index (χ1n) is 11.3. The zero-order valence-electron chi connectivity index (χ0n) is 19.5. The Morgan fingerprint density at radius 1 is 1.29 bits per heavy atom. The first kappa shape index (κ1) is 25.2. The molecule has 4 rings (SSSR count). The van der Waals surface area contributed by atoms with Crippen molar-refractivity contribution in [1.82, 2.24) is 14.5 Å². The molecule has 1 aromatic heterocycles. The number of β-amino-alcohol motifs (C(OH)–C–C–N with tert-alkyl or cyclic N) is 1. The Morgan fingerprint density at radius 2 is 2.03 bits per heavy atom. The lowest BCUT2D eigenvalue weighted by Gasteiger charge is -2.33. The number of nitrogens with one attached hydrogen (secondary N) is 2. The number of anilines is 1. The lowest BCUT2D eigenvalue weighted by molar-refractivity contribution is -0.114. The number of piperidine rings is 1. The first-order valence-corrected chi connectivity index (χ1v) is 12.1. The maximum atomic E-state index is 13.5. The number of hydrogen-bond donors (Lipinski definition) is 3. The summed E-state index contributed by atoms with van der Waals surface area (Å²) in [6.07, 6.45) is 0.711. The number of hydrogen-bond acceptors (Lipinski definition) is 6. The molecular weight excluding hydrogens is 523 g/mol. The summed E-state index contributed by atoms with van der Waals surface area (Å²) in [7, 11) is 1.53. The number of aliphatic hydroxyl groups is 1. The van der Waals surface area contributed by atoms with E-state index in [0.717, 1.165) is 12.8 Å². The van der Waals surface area contributed by atoms with Crippen molar-refractivity contribution in [2.24, 2.45) is 0 Å². The van der Waals surface area contributed by atoms with E-state index in [1.165, 1.54) is 26.2 Å². The van der Waals surface area contributed by atoms with Crippen molar-refractivity contribution in [2.75, 3.05) is 38.7 Å². The van der Waals surface area contributed by atoms with Gasteiger partial charge in [-0.25, -0.2) is 9.18 Å². The molecule has 1 atom stereocenters. The number of imidazole rings is 1. The van der Waals surface area contributed by atoms with Gasteiger partial charge in [-0.15, -0.1) is 0 Å². The van der Waals surface area contributed by atoms with Gasteiger partial charge in [0.2, 0.25) is 5.91 Å². The third kappa shape index (κ3) is 5.85. The van der Waals surface area contributed by atoms with Crippen molar-refractivity contribution in [3.8, 4) is 11.5 Å². The third-order valence-electron chi connectivity index (χ3n) is 6.07. The number of benzene rings is 2. The highest BCUT2D eigenvalue weighted by Gasteiger charge is 2.25. The van der Waals surface area contributed by atoms with Gasteiger partial charge in [0.05, 0.1) is 28.3 Å². The van der Waals surface area contributed by atoms with Crippen molar-refractivity contribution in [3.05, 3.63) is 51.1 Å². The van der Waals surface area contributed by atoms with E-state index in [0.29, 0.717) is 52.3 Å². The highest BCUT2D eigenvalue weighted by Crippen LogP contribution is 2.36. The molecule has 2 heterocycles. The first-order chi connectivity index (χ1) is 16.7. The van der Waals surface area contributed by atoms with Crippen LogP contribution in [-0.4, -0.2) is 64.9 Å². The summed E-state index contributed by atoms with van der Waals surface area (Å²) in [4.78, 5) is 28.9. The Labute approximate surface area is 210 Å². The number of likely N-dealkylation sites (tertiary alicyclic amines) is 1. The van der Waals surface area contributed by atoms with Crippen LogP contribution in [0, 0.1) is 5.82 Å². The number of ether oxygens (including phenoxy) is 2. The lowest BCUT2D eigenvalue weighted by Crippen LogP contribution is -2.42. The topological polar surface area (TPSA) is 109 Å². The Balaban J connectivity index is 1.34. The monoisotopic (exact) mass is 550 g/mol. The molecule has 1 aliphatic rings. The van der Waals surface area contributed by atoms with Crippen LogP contribution in [0.1, 0.15) is 25.8 Å². The summed E-state index contributed by atoms with van der Waals surface area (Å²) in [5.74, 6) is 0.329. The van der Waals surface area contributed by atoms with Crippen molar-refractivity contribution < 1.29 is 23.8 Å². The molecule has 3 N–H and O–H groups in total. The van der Waals surface area contributed by atoms with E-state index in [1.54, 1.807) is 22.8 Å². The van der Waals surface area contributed by atoms with Crippen LogP contribution in [0.4, 0.5) is 10.1 Å². The number of aliphatic hydroxyl groups excluding tert-OH is 1. The van der Waals surface area contributed by atoms with Gasteiger partial charge in [-0.1, -0.05) is 0 Å². The number of fused-ring (bicyclic) bond motifs is 1. The Hall–Kier alpha value is -2.89. The molecule has 0 spiro atoms. The van der Waals surface area contributed by atoms with Crippen LogP contribution in [-0.2, 0) is 4.79 Å². The fourth-order valence-corrected chi connectivity index (χ4v) is 4.95. The van der Waals surface area contributed by atoms with Gasteiger partial charge < -0.3 is 29.8 Å². The molecule has 1 aliphatic heterocycles. The molecule has 35 heavy (non-hydrogen) atoms. The highest BCUT2D eigenvalue weighted by molar-refractivity contribution is 9.10. The van der Waals surface area contributed by atoms with Gasteiger partial charge in [0.15, 0.2) is 0 Å². The van der Waals surface area contributed by atoms with Crippen LogP contribution in [0.3, 0.4) is 0 Å². The Kier molecular flexibility index (Phi) is 7.78. The molecule has 0 saturated carbocycles. The van der Waals surface area contributed by atoms with Gasteiger partial charge in [0.1, 0.15) is 30.0 Å². The number of aromatic amines is 1. The Bertz CT molecular complexity index is 1270. The zero-order chi connectivity index (χ0) is 25.1. The number of nitrogens with zero attached hydrogens (tertiary/aromatic N) is 2. The van der Waals surface area contributed by atoms with Crippen molar-refractivity contribution in [1.29, 1.82) is 0 Å². The molecule has 1 amide bonds. The normalized spacial score (nSPS) is 15.8. The number of rotatable bonds is 8. The minimum absolute atomic E-state index is 0.00298. The molecule has 0 unspecified atom stereocenters. The predicted octanol–water partition coefficient (Wildman–Crippen LogP) is 3.28. The summed E-state index contributed by atoms with van der Waals surface area (Å²) >= 11 is 3.41. The quantitative estimate of drug-likeness (QED) is 0.397. The van der Waals surface area contributed by atoms with Crippen LogP contribution in [0.2, 0.25) is 0 Å². The van der Waals surface area contributed by atoms with Gasteiger partial charge in [-0.2, -0.15) is 0 Å². The lowest BCUT2D eigenvalue weighted by atomic mass is 10.0. The van der Waals surface area contributed by atoms with Gasteiger partial charge >= 0.3 is 5.69 Å². The van der Waals surface area contributed by atoms with Crippen molar-refractivity contribution >= 4 is 38.6 Å². The summed E-state index contributed by atoms with van der Waals surface area (Å²) in [5, 5.41) is 13.3. The van der Waals surface area contributed by atoms with Crippen LogP contribution >= 0.6 is 15.9 Å². The van der Waals surface area contributed by atoms with E-state index >= 15 is 0 Å². The molecule has 1 saturated heterocycles. The van der Waals surface area contributed by atoms with Crippen LogP contribution in [0.25, 0.3) is 11.0 Å². The van der Waals surface area contributed by atoms with Crippen molar-refractivity contribution in [3.63, 3.8) is 0 Å². The van der Waals surface area contributed by atoms with E-state index in [9.17, 15) is 19.1 Å². The van der Waals surface area contributed by atoms with E-state index < -0.39 is 6.10 Å². The predicted molar refractivity (Wildman–Crippen MR) is 134 cm³/mol. The van der Waals surface area contributed by atoms with Crippen LogP contribution < -0.4 is 20.5 Å². The molecule has 1 fully saturated rings. The average molecular weight is 551 g/mol. The smallest absolute Gasteiger partial charge is 0.326 e. The van der Waals surface area contributed by atoms with E-state index in [4.69, 9.17) is 9.47 Å². The molecular formula is C24H28BrFN4O5. The summed E-state index contributed by atoms with van der Waals surface area (Å²) in [6, 6.07) is 7.66. The molecule has 2 aromatic carbocycles. The second-order valence-electron chi connectivity index (χ2n) is 8.62. The summed E-state index contributed by atoms with van der Waals surface area (Å²) in [6.45, 7) is 3.26. The maximum Gasteiger partial charge on any atom is 0.326 e. The van der Waals surface area contributed by atoms with E-state index in [2.05, 4.69) is 31.1 Å². The third-order valence-corrected chi connectivity index (χ3v) is 6.69. The largest absolute Gasteiger partial charge is 0.495 e. The second-order valence-corrected chi connectivity index (χ2v) is 9.48. The number of H-pyrrole nitrogens is 1. The van der Waals surface area contributed by atoms with Crippen LogP contribution in [0.15, 0.2) is 39.6 Å². The molecule has 0 radical (unpaired) electrons. The van der Waals surface area contributed by atoms with Gasteiger partial charge in [-0.3, -0.25) is 9.36 Å². The van der Waals surface area contributed by atoms with E-state index in [1.807, 2.05) is 0 Å². The van der Waals surface area contributed by atoms with Crippen molar-refractivity contribution in [2.45, 2.75) is 31.9 Å².